The molecule has 0 fully saturated rings. The first kappa shape index (κ1) is 25.9. The summed E-state index contributed by atoms with van der Waals surface area (Å²) in [5.41, 5.74) is 0.555. The zero-order chi connectivity index (χ0) is 26.4. The van der Waals surface area contributed by atoms with E-state index in [4.69, 9.17) is 14.2 Å². The van der Waals surface area contributed by atoms with E-state index in [2.05, 4.69) is 41.0 Å². The topological polar surface area (TPSA) is 147 Å². The molecule has 4 aromatic rings. The van der Waals surface area contributed by atoms with Gasteiger partial charge in [0.15, 0.2) is 18.2 Å². The molecule has 0 bridgehead atoms. The number of benzene rings is 2. The first-order valence-corrected chi connectivity index (χ1v) is 12.9. The van der Waals surface area contributed by atoms with Crippen molar-refractivity contribution in [2.24, 2.45) is 0 Å². The van der Waals surface area contributed by atoms with E-state index < -0.39 is 15.9 Å². The largest absolute Gasteiger partial charge is 0.481 e. The summed E-state index contributed by atoms with van der Waals surface area (Å²) in [6, 6.07) is 15.7. The fourth-order valence-electron chi connectivity index (χ4n) is 2.99. The van der Waals surface area contributed by atoms with Gasteiger partial charge in [-0.25, -0.2) is 13.1 Å². The molecule has 2 N–H and O–H groups in total. The molecule has 0 radical (unpaired) electrons. The van der Waals surface area contributed by atoms with E-state index >= 15 is 0 Å². The number of aromatic nitrogens is 4. The number of carbonyl (C=O) groups is 1. The minimum atomic E-state index is -3.99. The van der Waals surface area contributed by atoms with Crippen LogP contribution in [-0.4, -0.2) is 48.3 Å². The van der Waals surface area contributed by atoms with E-state index in [1.54, 1.807) is 12.3 Å². The zero-order valence-corrected chi connectivity index (χ0v) is 22.0. The molecular formula is C23H21BrN6O6S. The summed E-state index contributed by atoms with van der Waals surface area (Å²) in [5.74, 6) is 0.300. The summed E-state index contributed by atoms with van der Waals surface area (Å²) >= 11 is 3.36. The Morgan fingerprint density at radius 2 is 1.73 bits per heavy atom. The standard InChI is InChI=1S/C23H21BrN6O6S/c1-34-21-13-20(26-23(27-21)35-2)29-37(32,33)18-9-5-16(6-10-18)25-22(31)19-11-12-30(28-19)14-36-17-7-3-15(24)4-8-17/h3-13H,14H2,1-2H3,(H,25,31)(H,26,27,29). The number of nitrogens with one attached hydrogen (secondary N) is 2. The Morgan fingerprint density at radius 1 is 1.00 bits per heavy atom. The van der Waals surface area contributed by atoms with Crippen LogP contribution >= 0.6 is 15.9 Å². The second kappa shape index (κ2) is 11.3. The highest BCUT2D eigenvalue weighted by molar-refractivity contribution is 9.10. The van der Waals surface area contributed by atoms with Crippen molar-refractivity contribution in [1.82, 2.24) is 19.7 Å². The molecule has 37 heavy (non-hydrogen) atoms. The van der Waals surface area contributed by atoms with Crippen LogP contribution < -0.4 is 24.2 Å². The minimum Gasteiger partial charge on any atom is -0.481 e. The number of rotatable bonds is 10. The number of hydrogen-bond acceptors (Lipinski definition) is 9. The molecule has 0 aliphatic carbocycles. The van der Waals surface area contributed by atoms with Gasteiger partial charge in [0, 0.05) is 22.4 Å². The molecule has 14 heteroatoms. The van der Waals surface area contributed by atoms with Crippen molar-refractivity contribution >= 4 is 43.4 Å². The van der Waals surface area contributed by atoms with Crippen LogP contribution in [0.2, 0.25) is 0 Å². The Morgan fingerprint density at radius 3 is 2.41 bits per heavy atom. The van der Waals surface area contributed by atoms with Crippen molar-refractivity contribution in [1.29, 1.82) is 0 Å². The lowest BCUT2D eigenvalue weighted by atomic mass is 10.3. The Labute approximate surface area is 220 Å². The third-order valence-corrected chi connectivity index (χ3v) is 6.68. The van der Waals surface area contributed by atoms with Crippen LogP contribution in [0.3, 0.4) is 0 Å². The van der Waals surface area contributed by atoms with Gasteiger partial charge in [-0.2, -0.15) is 15.1 Å². The summed E-state index contributed by atoms with van der Waals surface area (Å²) < 4.78 is 45.9. The molecule has 192 valence electrons. The number of ether oxygens (including phenoxy) is 3. The Hall–Kier alpha value is -4.17. The van der Waals surface area contributed by atoms with E-state index in [0.29, 0.717) is 11.4 Å². The van der Waals surface area contributed by atoms with Crippen LogP contribution in [0, 0.1) is 0 Å². The lowest BCUT2D eigenvalue weighted by molar-refractivity contribution is 0.102. The molecule has 4 rings (SSSR count). The Kier molecular flexibility index (Phi) is 7.89. The molecule has 0 aliphatic rings. The van der Waals surface area contributed by atoms with E-state index in [1.807, 2.05) is 24.3 Å². The first-order chi connectivity index (χ1) is 17.8. The van der Waals surface area contributed by atoms with Gasteiger partial charge in [-0.3, -0.25) is 9.52 Å². The highest BCUT2D eigenvalue weighted by Gasteiger charge is 2.17. The molecular weight excluding hydrogens is 568 g/mol. The molecule has 0 unspecified atom stereocenters. The number of anilines is 2. The second-order valence-electron chi connectivity index (χ2n) is 7.33. The van der Waals surface area contributed by atoms with Gasteiger partial charge in [0.05, 0.1) is 19.1 Å². The summed E-state index contributed by atoms with van der Waals surface area (Å²) in [4.78, 5) is 20.4. The number of methoxy groups -OCH3 is 2. The molecule has 0 saturated heterocycles. The van der Waals surface area contributed by atoms with Gasteiger partial charge in [0.25, 0.3) is 15.9 Å². The number of nitrogens with zero attached hydrogens (tertiary/aromatic N) is 4. The van der Waals surface area contributed by atoms with Gasteiger partial charge in [-0.15, -0.1) is 0 Å². The third kappa shape index (κ3) is 6.74. The summed E-state index contributed by atoms with van der Waals surface area (Å²) in [5, 5.41) is 6.88. The second-order valence-corrected chi connectivity index (χ2v) is 9.93. The molecule has 2 aromatic carbocycles. The molecule has 0 atom stereocenters. The van der Waals surface area contributed by atoms with Crippen LogP contribution in [0.4, 0.5) is 11.5 Å². The zero-order valence-electron chi connectivity index (χ0n) is 19.6. The van der Waals surface area contributed by atoms with Gasteiger partial charge < -0.3 is 19.5 Å². The van der Waals surface area contributed by atoms with Crippen molar-refractivity contribution in [3.05, 3.63) is 77.0 Å². The fraction of sp³-hybridized carbons (Fsp3) is 0.130. The first-order valence-electron chi connectivity index (χ1n) is 10.6. The molecule has 1 amide bonds. The fourth-order valence-corrected chi connectivity index (χ4v) is 4.24. The van der Waals surface area contributed by atoms with Crippen molar-refractivity contribution in [3.8, 4) is 17.6 Å². The number of carbonyl (C=O) groups excluding carboxylic acids is 1. The summed E-state index contributed by atoms with van der Waals surface area (Å²) in [7, 11) is -1.25. The summed E-state index contributed by atoms with van der Waals surface area (Å²) in [6.07, 6.45) is 1.62. The highest BCUT2D eigenvalue weighted by atomic mass is 79.9. The maximum Gasteiger partial charge on any atom is 0.321 e. The normalized spacial score (nSPS) is 11.0. The van der Waals surface area contributed by atoms with Gasteiger partial charge >= 0.3 is 6.01 Å². The van der Waals surface area contributed by atoms with E-state index in [0.717, 1.165) is 4.47 Å². The van der Waals surface area contributed by atoms with Crippen LogP contribution in [0.1, 0.15) is 10.5 Å². The molecule has 0 aliphatic heterocycles. The lowest BCUT2D eigenvalue weighted by Crippen LogP contribution is -2.16. The quantitative estimate of drug-likeness (QED) is 0.284. The average molecular weight is 589 g/mol. The highest BCUT2D eigenvalue weighted by Crippen LogP contribution is 2.22. The Bertz CT molecular complexity index is 1470. The van der Waals surface area contributed by atoms with Crippen molar-refractivity contribution in [2.45, 2.75) is 11.6 Å². The molecule has 0 saturated carbocycles. The SMILES string of the molecule is COc1cc(NS(=O)(=O)c2ccc(NC(=O)c3ccn(COc4ccc(Br)cc4)n3)cc2)nc(OC)n1. The molecule has 0 spiro atoms. The number of sulfonamides is 1. The molecule has 12 nitrogen and oxygen atoms in total. The van der Waals surface area contributed by atoms with E-state index in [1.165, 1.54) is 49.2 Å². The van der Waals surface area contributed by atoms with Gasteiger partial charge in [-0.05, 0) is 54.6 Å². The van der Waals surface area contributed by atoms with Crippen LogP contribution in [0.5, 0.6) is 17.6 Å². The minimum absolute atomic E-state index is 0.0271. The molecule has 2 aromatic heterocycles. The monoisotopic (exact) mass is 588 g/mol. The Balaban J connectivity index is 1.37. The van der Waals surface area contributed by atoms with Gasteiger partial charge in [0.2, 0.25) is 5.88 Å². The molecule has 2 heterocycles. The van der Waals surface area contributed by atoms with Crippen molar-refractivity contribution in [2.75, 3.05) is 24.3 Å². The van der Waals surface area contributed by atoms with E-state index in [-0.39, 0.29) is 35.0 Å². The van der Waals surface area contributed by atoms with Gasteiger partial charge in [-0.1, -0.05) is 15.9 Å². The van der Waals surface area contributed by atoms with Crippen molar-refractivity contribution < 1.29 is 27.4 Å². The number of halogens is 1. The number of hydrogen-bond donors (Lipinski definition) is 2. The third-order valence-electron chi connectivity index (χ3n) is 4.79. The maximum absolute atomic E-state index is 12.8. The number of amides is 1. The predicted molar refractivity (Wildman–Crippen MR) is 137 cm³/mol. The van der Waals surface area contributed by atoms with Crippen LogP contribution in [0.25, 0.3) is 0 Å². The maximum atomic E-state index is 12.8. The predicted octanol–water partition coefficient (Wildman–Crippen LogP) is 3.54. The van der Waals surface area contributed by atoms with Crippen LogP contribution in [0.15, 0.2) is 76.2 Å². The van der Waals surface area contributed by atoms with Crippen LogP contribution in [-0.2, 0) is 16.8 Å². The van der Waals surface area contributed by atoms with E-state index in [9.17, 15) is 13.2 Å². The smallest absolute Gasteiger partial charge is 0.321 e. The average Bonchev–Trinajstić information content (AvgIpc) is 3.37. The van der Waals surface area contributed by atoms with Crippen molar-refractivity contribution in [3.63, 3.8) is 0 Å². The summed E-state index contributed by atoms with van der Waals surface area (Å²) in [6.45, 7) is 0.124. The lowest BCUT2D eigenvalue weighted by Gasteiger charge is -2.10. The van der Waals surface area contributed by atoms with Gasteiger partial charge in [0.1, 0.15) is 5.75 Å².